The Balaban J connectivity index is 1.88. The molecule has 5 nitrogen and oxygen atoms in total. The lowest BCUT2D eigenvalue weighted by molar-refractivity contribution is -0.127. The van der Waals surface area contributed by atoms with Gasteiger partial charge < -0.3 is 14.5 Å². The number of alkyl halides is 2. The predicted molar refractivity (Wildman–Crippen MR) is 75.8 cm³/mol. The number of likely N-dealkylation sites (tertiary alicyclic amines) is 1. The summed E-state index contributed by atoms with van der Waals surface area (Å²) >= 11 is 0. The van der Waals surface area contributed by atoms with Gasteiger partial charge in [-0.1, -0.05) is 0 Å². The molecule has 22 heavy (non-hydrogen) atoms. The molecule has 0 radical (unpaired) electrons. The van der Waals surface area contributed by atoms with Gasteiger partial charge in [-0.2, -0.15) is 8.78 Å². The summed E-state index contributed by atoms with van der Waals surface area (Å²) in [6, 6.07) is 5.55. The van der Waals surface area contributed by atoms with Crippen LogP contribution < -0.4 is 4.74 Å². The van der Waals surface area contributed by atoms with Gasteiger partial charge in [0.2, 0.25) is 5.91 Å². The number of benzene rings is 1. The first-order valence-corrected chi connectivity index (χ1v) is 7.05. The largest absolute Gasteiger partial charge is 0.435 e. The van der Waals surface area contributed by atoms with E-state index in [1.54, 1.807) is 11.9 Å². The van der Waals surface area contributed by atoms with Crippen molar-refractivity contribution in [1.82, 2.24) is 9.80 Å². The molecule has 0 aromatic heterocycles. The molecule has 120 valence electrons. The van der Waals surface area contributed by atoms with E-state index in [0.717, 1.165) is 13.0 Å². The normalized spacial score (nSPS) is 14.5. The molecule has 1 aliphatic rings. The summed E-state index contributed by atoms with van der Waals surface area (Å²) in [6.07, 6.45) is 1.44. The SMILES string of the molecule is CN(CCN1CCCC1=O)C(=O)c1ccc(OC(F)F)cc1. The van der Waals surface area contributed by atoms with Crippen LogP contribution in [-0.2, 0) is 4.79 Å². The fraction of sp³-hybridized carbons (Fsp3) is 0.467. The molecule has 1 heterocycles. The standard InChI is InChI=1S/C15H18F2N2O3/c1-18(9-10-19-8-2-3-13(19)20)14(21)11-4-6-12(7-5-11)22-15(16)17/h4-7,15H,2-3,8-10H2,1H3. The molecule has 0 atom stereocenters. The van der Waals surface area contributed by atoms with Gasteiger partial charge in [0.25, 0.3) is 5.91 Å². The Kier molecular flexibility index (Phi) is 5.30. The van der Waals surface area contributed by atoms with Crippen molar-refractivity contribution in [2.75, 3.05) is 26.7 Å². The van der Waals surface area contributed by atoms with E-state index in [-0.39, 0.29) is 17.6 Å². The molecule has 1 saturated heterocycles. The molecule has 7 heteroatoms. The maximum Gasteiger partial charge on any atom is 0.387 e. The molecule has 2 rings (SSSR count). The fourth-order valence-electron chi connectivity index (χ4n) is 2.31. The van der Waals surface area contributed by atoms with Crippen molar-refractivity contribution < 1.29 is 23.1 Å². The van der Waals surface area contributed by atoms with Crippen LogP contribution in [0.1, 0.15) is 23.2 Å². The third kappa shape index (κ3) is 4.16. The Morgan fingerprint density at radius 3 is 2.59 bits per heavy atom. The van der Waals surface area contributed by atoms with Crippen molar-refractivity contribution in [3.8, 4) is 5.75 Å². The van der Waals surface area contributed by atoms with Crippen molar-refractivity contribution in [3.63, 3.8) is 0 Å². The number of amides is 2. The summed E-state index contributed by atoms with van der Waals surface area (Å²) in [4.78, 5) is 26.9. The van der Waals surface area contributed by atoms with Crippen LogP contribution in [0.15, 0.2) is 24.3 Å². The van der Waals surface area contributed by atoms with Gasteiger partial charge in [-0.05, 0) is 30.7 Å². The van der Waals surface area contributed by atoms with Gasteiger partial charge in [-0.3, -0.25) is 9.59 Å². The van der Waals surface area contributed by atoms with Crippen molar-refractivity contribution in [1.29, 1.82) is 0 Å². The van der Waals surface area contributed by atoms with Crippen LogP contribution in [0.3, 0.4) is 0 Å². The van der Waals surface area contributed by atoms with Crippen LogP contribution in [0.4, 0.5) is 8.78 Å². The Hall–Kier alpha value is -2.18. The molecule has 0 spiro atoms. The lowest BCUT2D eigenvalue weighted by atomic mass is 10.2. The summed E-state index contributed by atoms with van der Waals surface area (Å²) in [5, 5.41) is 0. The zero-order valence-corrected chi connectivity index (χ0v) is 12.3. The highest BCUT2D eigenvalue weighted by Gasteiger charge is 2.21. The zero-order chi connectivity index (χ0) is 16.1. The topological polar surface area (TPSA) is 49.9 Å². The Labute approximate surface area is 127 Å². The van der Waals surface area contributed by atoms with Crippen molar-refractivity contribution in [3.05, 3.63) is 29.8 Å². The average molecular weight is 312 g/mol. The molecule has 0 unspecified atom stereocenters. The number of hydrogen-bond donors (Lipinski definition) is 0. The number of hydrogen-bond acceptors (Lipinski definition) is 3. The van der Waals surface area contributed by atoms with E-state index in [4.69, 9.17) is 0 Å². The van der Waals surface area contributed by atoms with E-state index < -0.39 is 6.61 Å². The van der Waals surface area contributed by atoms with Gasteiger partial charge in [0, 0.05) is 38.7 Å². The first kappa shape index (κ1) is 16.2. The van der Waals surface area contributed by atoms with Gasteiger partial charge >= 0.3 is 6.61 Å². The van der Waals surface area contributed by atoms with Crippen LogP contribution in [0.25, 0.3) is 0 Å². The Morgan fingerprint density at radius 1 is 1.36 bits per heavy atom. The highest BCUT2D eigenvalue weighted by Crippen LogP contribution is 2.16. The zero-order valence-electron chi connectivity index (χ0n) is 12.3. The van der Waals surface area contributed by atoms with E-state index in [9.17, 15) is 18.4 Å². The number of halogens is 2. The molecule has 0 bridgehead atoms. The first-order valence-electron chi connectivity index (χ1n) is 7.05. The van der Waals surface area contributed by atoms with Gasteiger partial charge in [-0.25, -0.2) is 0 Å². The Bertz CT molecular complexity index is 534. The average Bonchev–Trinajstić information content (AvgIpc) is 2.89. The smallest absolute Gasteiger partial charge is 0.387 e. The maximum atomic E-state index is 12.2. The number of rotatable bonds is 6. The highest BCUT2D eigenvalue weighted by molar-refractivity contribution is 5.94. The van der Waals surface area contributed by atoms with E-state index in [0.29, 0.717) is 25.1 Å². The van der Waals surface area contributed by atoms with Crippen LogP contribution in [0, 0.1) is 0 Å². The quantitative estimate of drug-likeness (QED) is 0.807. The third-order valence-electron chi connectivity index (χ3n) is 3.55. The van der Waals surface area contributed by atoms with Gasteiger partial charge in [0.05, 0.1) is 0 Å². The van der Waals surface area contributed by atoms with E-state index in [2.05, 4.69) is 4.74 Å². The molecule has 0 aliphatic carbocycles. The minimum Gasteiger partial charge on any atom is -0.435 e. The summed E-state index contributed by atoms with van der Waals surface area (Å²) in [5.41, 5.74) is 0.386. The van der Waals surface area contributed by atoms with Crippen LogP contribution in [0.5, 0.6) is 5.75 Å². The summed E-state index contributed by atoms with van der Waals surface area (Å²) in [7, 11) is 1.65. The molecule has 1 aromatic carbocycles. The first-order chi connectivity index (χ1) is 10.5. The number of likely N-dealkylation sites (N-methyl/N-ethyl adjacent to an activating group) is 1. The lowest BCUT2D eigenvalue weighted by Gasteiger charge is -2.22. The number of ether oxygens (including phenoxy) is 1. The number of nitrogens with zero attached hydrogens (tertiary/aromatic N) is 2. The maximum absolute atomic E-state index is 12.2. The number of carbonyl (C=O) groups is 2. The van der Waals surface area contributed by atoms with Crippen molar-refractivity contribution in [2.45, 2.75) is 19.5 Å². The summed E-state index contributed by atoms with van der Waals surface area (Å²) in [6.45, 7) is -1.21. The molecular weight excluding hydrogens is 294 g/mol. The second-order valence-electron chi connectivity index (χ2n) is 5.11. The minimum atomic E-state index is -2.89. The predicted octanol–water partition coefficient (Wildman–Crippen LogP) is 1.98. The fourth-order valence-corrected chi connectivity index (χ4v) is 2.31. The van der Waals surface area contributed by atoms with Gasteiger partial charge in [-0.15, -0.1) is 0 Å². The molecule has 1 aliphatic heterocycles. The Morgan fingerprint density at radius 2 is 2.05 bits per heavy atom. The molecule has 0 N–H and O–H groups in total. The van der Waals surface area contributed by atoms with E-state index in [1.807, 2.05) is 0 Å². The summed E-state index contributed by atoms with van der Waals surface area (Å²) < 4.78 is 28.4. The molecule has 2 amide bonds. The second kappa shape index (κ2) is 7.20. The molecule has 1 aromatic rings. The third-order valence-corrected chi connectivity index (χ3v) is 3.55. The minimum absolute atomic E-state index is 0.0110. The lowest BCUT2D eigenvalue weighted by Crippen LogP contribution is -2.36. The second-order valence-corrected chi connectivity index (χ2v) is 5.11. The molecular formula is C15H18F2N2O3. The number of carbonyl (C=O) groups excluding carboxylic acids is 2. The monoisotopic (exact) mass is 312 g/mol. The van der Waals surface area contributed by atoms with Crippen molar-refractivity contribution >= 4 is 11.8 Å². The highest BCUT2D eigenvalue weighted by atomic mass is 19.3. The molecule has 0 saturated carbocycles. The summed E-state index contributed by atoms with van der Waals surface area (Å²) in [5.74, 6) is -0.0959. The van der Waals surface area contributed by atoms with Crippen LogP contribution in [0.2, 0.25) is 0 Å². The van der Waals surface area contributed by atoms with E-state index >= 15 is 0 Å². The molecule has 1 fully saturated rings. The van der Waals surface area contributed by atoms with Gasteiger partial charge in [0.15, 0.2) is 0 Å². The van der Waals surface area contributed by atoms with Gasteiger partial charge in [0.1, 0.15) is 5.75 Å². The van der Waals surface area contributed by atoms with Crippen LogP contribution in [-0.4, -0.2) is 54.9 Å². The van der Waals surface area contributed by atoms with Crippen LogP contribution >= 0.6 is 0 Å². The van der Waals surface area contributed by atoms with Crippen molar-refractivity contribution in [2.24, 2.45) is 0 Å². The van der Waals surface area contributed by atoms with E-state index in [1.165, 1.54) is 29.2 Å².